The van der Waals surface area contributed by atoms with E-state index in [4.69, 9.17) is 4.74 Å². The molecule has 0 spiro atoms. The van der Waals surface area contributed by atoms with Crippen molar-refractivity contribution in [3.05, 3.63) is 34.0 Å². The third kappa shape index (κ3) is 2.19. The Kier molecular flexibility index (Phi) is 2.57. The number of nitro groups is 1. The molecule has 0 aliphatic heterocycles. The lowest BCUT2D eigenvalue weighted by atomic mass is 10.3. The number of ether oxygens (including phenoxy) is 1. The summed E-state index contributed by atoms with van der Waals surface area (Å²) in [4.78, 5) is 13.5. The number of rotatable bonds is 3. The molecule has 1 aromatic heterocycles. The van der Waals surface area contributed by atoms with E-state index < -0.39 is 4.92 Å². The van der Waals surface area contributed by atoms with Crippen molar-refractivity contribution in [2.24, 2.45) is 0 Å². The molecule has 0 unspecified atom stereocenters. The van der Waals surface area contributed by atoms with Gasteiger partial charge in [0.2, 0.25) is 12.4 Å². The highest BCUT2D eigenvalue weighted by atomic mass is 16.6. The van der Waals surface area contributed by atoms with E-state index in [-0.39, 0.29) is 6.54 Å². The van der Waals surface area contributed by atoms with Gasteiger partial charge in [0, 0.05) is 22.7 Å². The number of hydrogen-bond acceptors (Lipinski definition) is 4. The maximum Gasteiger partial charge on any atom is 0.230 e. The number of hydrogen-bond donors (Lipinski definition) is 0. The zero-order valence-corrected chi connectivity index (χ0v) is 6.56. The summed E-state index contributed by atoms with van der Waals surface area (Å²) in [6.45, 7) is -0.197. The van der Waals surface area contributed by atoms with Crippen molar-refractivity contribution >= 4 is 0 Å². The molecule has 0 bridgehead atoms. The molecule has 0 aliphatic rings. The van der Waals surface area contributed by atoms with E-state index in [1.54, 1.807) is 12.1 Å². The molecule has 0 aromatic carbocycles. The summed E-state index contributed by atoms with van der Waals surface area (Å²) in [5.41, 5.74) is 0.570. The van der Waals surface area contributed by atoms with Crippen LogP contribution >= 0.6 is 0 Å². The normalized spacial score (nSPS) is 9.42. The lowest BCUT2D eigenvalue weighted by Crippen LogP contribution is -1.98. The second-order valence-electron chi connectivity index (χ2n) is 2.20. The minimum absolute atomic E-state index is 0.197. The zero-order valence-electron chi connectivity index (χ0n) is 6.56. The van der Waals surface area contributed by atoms with Crippen LogP contribution in [-0.2, 0) is 6.54 Å². The molecular formula is C7H8N2O3. The molecule has 0 saturated carbocycles. The molecule has 1 heterocycles. The van der Waals surface area contributed by atoms with Gasteiger partial charge in [-0.2, -0.15) is 0 Å². The van der Waals surface area contributed by atoms with Gasteiger partial charge in [-0.25, -0.2) is 4.98 Å². The van der Waals surface area contributed by atoms with Crippen LogP contribution in [-0.4, -0.2) is 17.0 Å². The Hall–Kier alpha value is -1.65. The number of aromatic nitrogens is 1. The molecule has 0 atom stereocenters. The monoisotopic (exact) mass is 168 g/mol. The van der Waals surface area contributed by atoms with Crippen molar-refractivity contribution in [2.75, 3.05) is 7.11 Å². The first-order chi connectivity index (χ1) is 5.72. The molecule has 0 radical (unpaired) electrons. The van der Waals surface area contributed by atoms with E-state index in [1.165, 1.54) is 13.3 Å². The Morgan fingerprint density at radius 2 is 2.42 bits per heavy atom. The Bertz CT molecular complexity index is 270. The SMILES string of the molecule is COc1ccc(C[N+](=O)[O-])cn1. The van der Waals surface area contributed by atoms with Crippen LogP contribution in [0.4, 0.5) is 0 Å². The highest BCUT2D eigenvalue weighted by Gasteiger charge is 2.01. The topological polar surface area (TPSA) is 65.3 Å². The average Bonchev–Trinajstić information content (AvgIpc) is 2.05. The number of methoxy groups -OCH3 is 1. The fraction of sp³-hybridized carbons (Fsp3) is 0.286. The van der Waals surface area contributed by atoms with E-state index in [9.17, 15) is 10.1 Å². The minimum Gasteiger partial charge on any atom is -0.481 e. The standard InChI is InChI=1S/C7H8N2O3/c1-12-7-3-2-6(4-8-7)5-9(10)11/h2-4H,5H2,1H3. The summed E-state index contributed by atoms with van der Waals surface area (Å²) < 4.78 is 4.79. The third-order valence-corrected chi connectivity index (χ3v) is 1.32. The van der Waals surface area contributed by atoms with Crippen LogP contribution in [0.2, 0.25) is 0 Å². The van der Waals surface area contributed by atoms with Crippen LogP contribution < -0.4 is 4.74 Å². The second-order valence-corrected chi connectivity index (χ2v) is 2.20. The van der Waals surface area contributed by atoms with Gasteiger partial charge < -0.3 is 4.74 Å². The van der Waals surface area contributed by atoms with Crippen LogP contribution in [0.25, 0.3) is 0 Å². The summed E-state index contributed by atoms with van der Waals surface area (Å²) in [7, 11) is 1.50. The first-order valence-electron chi connectivity index (χ1n) is 3.33. The van der Waals surface area contributed by atoms with Gasteiger partial charge in [-0.15, -0.1) is 0 Å². The Labute approximate surface area is 69.1 Å². The van der Waals surface area contributed by atoms with Gasteiger partial charge in [0.15, 0.2) is 0 Å². The molecule has 0 amide bonds. The van der Waals surface area contributed by atoms with Crippen molar-refractivity contribution < 1.29 is 9.66 Å². The van der Waals surface area contributed by atoms with E-state index in [0.717, 1.165) is 0 Å². The lowest BCUT2D eigenvalue weighted by Gasteiger charge is -1.97. The first kappa shape index (κ1) is 8.45. The Balaban J connectivity index is 2.71. The molecule has 64 valence electrons. The summed E-state index contributed by atoms with van der Waals surface area (Å²) >= 11 is 0. The highest BCUT2D eigenvalue weighted by molar-refractivity contribution is 5.16. The van der Waals surface area contributed by atoms with Crippen LogP contribution in [0.1, 0.15) is 5.56 Å². The van der Waals surface area contributed by atoms with Crippen LogP contribution in [0.5, 0.6) is 5.88 Å². The summed E-state index contributed by atoms with van der Waals surface area (Å²) in [5, 5.41) is 10.1. The first-order valence-corrected chi connectivity index (χ1v) is 3.33. The molecule has 1 rings (SSSR count). The van der Waals surface area contributed by atoms with Gasteiger partial charge in [-0.1, -0.05) is 0 Å². The summed E-state index contributed by atoms with van der Waals surface area (Å²) in [6, 6.07) is 3.22. The molecule has 5 heteroatoms. The molecule has 0 N–H and O–H groups in total. The molecular weight excluding hydrogens is 160 g/mol. The largest absolute Gasteiger partial charge is 0.481 e. The van der Waals surface area contributed by atoms with Gasteiger partial charge in [-0.05, 0) is 6.07 Å². The molecule has 12 heavy (non-hydrogen) atoms. The molecule has 0 saturated heterocycles. The van der Waals surface area contributed by atoms with Crippen LogP contribution in [0, 0.1) is 10.1 Å². The molecule has 0 fully saturated rings. The highest BCUT2D eigenvalue weighted by Crippen LogP contribution is 2.06. The third-order valence-electron chi connectivity index (χ3n) is 1.32. The van der Waals surface area contributed by atoms with Gasteiger partial charge in [0.1, 0.15) is 0 Å². The Morgan fingerprint density at radius 3 is 2.83 bits per heavy atom. The molecule has 0 aliphatic carbocycles. The maximum atomic E-state index is 10.1. The maximum absolute atomic E-state index is 10.1. The van der Waals surface area contributed by atoms with E-state index in [2.05, 4.69) is 4.98 Å². The van der Waals surface area contributed by atoms with Crippen molar-refractivity contribution in [1.82, 2.24) is 4.98 Å². The van der Waals surface area contributed by atoms with Gasteiger partial charge >= 0.3 is 0 Å². The van der Waals surface area contributed by atoms with E-state index in [0.29, 0.717) is 11.4 Å². The van der Waals surface area contributed by atoms with Gasteiger partial charge in [0.05, 0.1) is 7.11 Å². The van der Waals surface area contributed by atoms with Crippen molar-refractivity contribution in [1.29, 1.82) is 0 Å². The number of pyridine rings is 1. The Morgan fingerprint density at radius 1 is 1.67 bits per heavy atom. The van der Waals surface area contributed by atoms with Gasteiger partial charge in [0.25, 0.3) is 0 Å². The van der Waals surface area contributed by atoms with Gasteiger partial charge in [-0.3, -0.25) is 10.1 Å². The number of nitrogens with zero attached hydrogens (tertiary/aromatic N) is 2. The summed E-state index contributed by atoms with van der Waals surface area (Å²) in [6.07, 6.45) is 1.43. The fourth-order valence-electron chi connectivity index (χ4n) is 0.774. The average molecular weight is 168 g/mol. The van der Waals surface area contributed by atoms with Crippen molar-refractivity contribution in [3.8, 4) is 5.88 Å². The second kappa shape index (κ2) is 3.66. The van der Waals surface area contributed by atoms with Crippen molar-refractivity contribution in [3.63, 3.8) is 0 Å². The van der Waals surface area contributed by atoms with E-state index in [1.807, 2.05) is 0 Å². The summed E-state index contributed by atoms with van der Waals surface area (Å²) in [5.74, 6) is 0.460. The van der Waals surface area contributed by atoms with Crippen molar-refractivity contribution in [2.45, 2.75) is 6.54 Å². The molecule has 1 aromatic rings. The fourth-order valence-corrected chi connectivity index (χ4v) is 0.774. The molecule has 5 nitrogen and oxygen atoms in total. The predicted octanol–water partition coefficient (Wildman–Crippen LogP) is 0.867. The zero-order chi connectivity index (χ0) is 8.97. The smallest absolute Gasteiger partial charge is 0.230 e. The quantitative estimate of drug-likeness (QED) is 0.496. The van der Waals surface area contributed by atoms with Crippen LogP contribution in [0.3, 0.4) is 0 Å². The minimum atomic E-state index is -0.399. The predicted molar refractivity (Wildman–Crippen MR) is 41.5 cm³/mol. The lowest BCUT2D eigenvalue weighted by molar-refractivity contribution is -0.496. The van der Waals surface area contributed by atoms with Crippen LogP contribution in [0.15, 0.2) is 18.3 Å². The van der Waals surface area contributed by atoms with E-state index >= 15 is 0 Å².